The molecule has 0 bridgehead atoms. The number of benzene rings is 3. The normalized spacial score (nSPS) is 18.9. The first-order valence-electron chi connectivity index (χ1n) is 10.3. The molecule has 0 amide bonds. The zero-order valence-electron chi connectivity index (χ0n) is 17.7. The van der Waals surface area contributed by atoms with Crippen LogP contribution in [0.3, 0.4) is 0 Å². The first kappa shape index (κ1) is 22.2. The van der Waals surface area contributed by atoms with Gasteiger partial charge in [-0.1, -0.05) is 54.6 Å². The van der Waals surface area contributed by atoms with Gasteiger partial charge in [0.1, 0.15) is 0 Å². The molecule has 0 aliphatic carbocycles. The van der Waals surface area contributed by atoms with Crippen molar-refractivity contribution < 1.29 is 27.0 Å². The summed E-state index contributed by atoms with van der Waals surface area (Å²) in [4.78, 5) is 0. The van der Waals surface area contributed by atoms with Crippen LogP contribution < -0.4 is 0 Å². The van der Waals surface area contributed by atoms with Crippen LogP contribution in [0.25, 0.3) is 22.3 Å². The number of rotatable bonds is 4. The molecule has 166 valence electrons. The van der Waals surface area contributed by atoms with Gasteiger partial charge >= 0.3 is 0 Å². The molecule has 1 heterocycles. The average molecular weight is 442 g/mol. The third-order valence-electron chi connectivity index (χ3n) is 5.61. The van der Waals surface area contributed by atoms with Crippen molar-refractivity contribution in [2.45, 2.75) is 26.1 Å². The molecule has 1 saturated heterocycles. The molecule has 1 fully saturated rings. The number of allylic oxidation sites excluding steroid dienone is 1. The Balaban J connectivity index is 1.58. The second kappa shape index (κ2) is 9.27. The summed E-state index contributed by atoms with van der Waals surface area (Å²) in [5, 5.41) is 0. The van der Waals surface area contributed by atoms with E-state index in [0.29, 0.717) is 11.1 Å². The minimum Gasteiger partial charge on any atom is -0.348 e. The maximum Gasteiger partial charge on any atom is 0.176 e. The topological polar surface area (TPSA) is 18.5 Å². The van der Waals surface area contributed by atoms with Gasteiger partial charge in [0, 0.05) is 17.0 Å². The van der Waals surface area contributed by atoms with E-state index in [1.807, 2.05) is 6.92 Å². The smallest absolute Gasteiger partial charge is 0.176 e. The Labute approximate surface area is 184 Å². The fraction of sp³-hybridized carbons (Fsp3) is 0.231. The molecule has 6 heteroatoms. The highest BCUT2D eigenvalue weighted by Crippen LogP contribution is 2.33. The van der Waals surface area contributed by atoms with Gasteiger partial charge in [-0.2, -0.15) is 0 Å². The lowest BCUT2D eigenvalue weighted by molar-refractivity contribution is -0.159. The molecule has 0 aromatic heterocycles. The van der Waals surface area contributed by atoms with Crippen LogP contribution in [0.4, 0.5) is 17.6 Å². The first-order valence-corrected chi connectivity index (χ1v) is 10.3. The van der Waals surface area contributed by atoms with Crippen molar-refractivity contribution >= 4 is 0 Å². The maximum atomic E-state index is 14.9. The van der Waals surface area contributed by atoms with Gasteiger partial charge in [-0.05, 0) is 42.2 Å². The Morgan fingerprint density at radius 1 is 0.719 bits per heavy atom. The van der Waals surface area contributed by atoms with Gasteiger partial charge in [-0.25, -0.2) is 17.6 Å². The molecular formula is C26H22F4O2. The van der Waals surface area contributed by atoms with Crippen molar-refractivity contribution in [1.82, 2.24) is 0 Å². The van der Waals surface area contributed by atoms with E-state index in [-0.39, 0.29) is 35.5 Å². The van der Waals surface area contributed by atoms with Crippen LogP contribution in [0.5, 0.6) is 0 Å². The van der Waals surface area contributed by atoms with Crippen molar-refractivity contribution in [3.63, 3.8) is 0 Å². The van der Waals surface area contributed by atoms with Crippen LogP contribution in [0.1, 0.15) is 24.0 Å². The summed E-state index contributed by atoms with van der Waals surface area (Å²) in [6, 6.07) is 12.2. The van der Waals surface area contributed by atoms with Crippen LogP contribution in [0.15, 0.2) is 60.7 Å². The van der Waals surface area contributed by atoms with Gasteiger partial charge in [-0.15, -0.1) is 0 Å². The summed E-state index contributed by atoms with van der Waals surface area (Å²) < 4.78 is 69.0. The molecule has 0 spiro atoms. The van der Waals surface area contributed by atoms with Crippen LogP contribution in [-0.4, -0.2) is 19.5 Å². The molecule has 1 aliphatic heterocycles. The zero-order chi connectivity index (χ0) is 22.8. The summed E-state index contributed by atoms with van der Waals surface area (Å²) in [5.74, 6) is -4.17. The molecule has 0 radical (unpaired) electrons. The second-order valence-electron chi connectivity index (χ2n) is 7.72. The standard InChI is InChI=1S/C26H22F4O2/c1-3-4-22-31-13-18(14-32-22)21-12-11-20(25(29)26(21)30)17-8-6-16(7-9-17)19-10-5-15(2)23(27)24(19)28/h3-12,18,22H,13-14H2,1-2H3. The fourth-order valence-corrected chi connectivity index (χ4v) is 3.77. The third-order valence-corrected chi connectivity index (χ3v) is 5.61. The van der Waals surface area contributed by atoms with Crippen molar-refractivity contribution in [1.29, 1.82) is 0 Å². The van der Waals surface area contributed by atoms with Gasteiger partial charge in [-0.3, -0.25) is 0 Å². The largest absolute Gasteiger partial charge is 0.348 e. The van der Waals surface area contributed by atoms with Crippen molar-refractivity contribution in [3.8, 4) is 22.3 Å². The monoisotopic (exact) mass is 442 g/mol. The zero-order valence-corrected chi connectivity index (χ0v) is 17.7. The van der Waals surface area contributed by atoms with E-state index in [0.717, 1.165) is 0 Å². The van der Waals surface area contributed by atoms with Gasteiger partial charge in [0.15, 0.2) is 29.6 Å². The summed E-state index contributed by atoms with van der Waals surface area (Å²) in [5.41, 5.74) is 1.46. The number of halogens is 4. The van der Waals surface area contributed by atoms with Gasteiger partial charge in [0.2, 0.25) is 0 Å². The van der Waals surface area contributed by atoms with Crippen molar-refractivity contribution in [3.05, 3.63) is 95.1 Å². The van der Waals surface area contributed by atoms with E-state index in [4.69, 9.17) is 9.47 Å². The van der Waals surface area contributed by atoms with Crippen LogP contribution in [0, 0.1) is 30.2 Å². The predicted octanol–water partition coefficient (Wildman–Crippen LogP) is 6.92. The van der Waals surface area contributed by atoms with Gasteiger partial charge in [0.05, 0.1) is 13.2 Å². The molecule has 32 heavy (non-hydrogen) atoms. The molecular weight excluding hydrogens is 420 g/mol. The first-order chi connectivity index (χ1) is 15.4. The van der Waals surface area contributed by atoms with E-state index >= 15 is 0 Å². The lowest BCUT2D eigenvalue weighted by atomic mass is 9.94. The van der Waals surface area contributed by atoms with Crippen molar-refractivity contribution in [2.75, 3.05) is 13.2 Å². The molecule has 0 unspecified atom stereocenters. The molecule has 0 atom stereocenters. The van der Waals surface area contributed by atoms with Crippen molar-refractivity contribution in [2.24, 2.45) is 0 Å². The van der Waals surface area contributed by atoms with E-state index in [2.05, 4.69) is 0 Å². The van der Waals surface area contributed by atoms with E-state index in [9.17, 15) is 17.6 Å². The van der Waals surface area contributed by atoms with E-state index in [1.54, 1.807) is 36.4 Å². The Morgan fingerprint density at radius 2 is 1.25 bits per heavy atom. The second-order valence-corrected chi connectivity index (χ2v) is 7.72. The highest BCUT2D eigenvalue weighted by molar-refractivity contribution is 5.71. The number of ether oxygens (including phenoxy) is 2. The SMILES string of the molecule is CC=CC1OCC(c2ccc(-c3ccc(-c4ccc(C)c(F)c4F)cc3)c(F)c2F)CO1. The van der Waals surface area contributed by atoms with Crippen LogP contribution >= 0.6 is 0 Å². The Morgan fingerprint density at radius 3 is 1.81 bits per heavy atom. The lowest BCUT2D eigenvalue weighted by Gasteiger charge is -2.28. The minimum atomic E-state index is -0.974. The third kappa shape index (κ3) is 4.20. The van der Waals surface area contributed by atoms with Gasteiger partial charge < -0.3 is 9.47 Å². The number of hydrogen-bond acceptors (Lipinski definition) is 2. The average Bonchev–Trinajstić information content (AvgIpc) is 2.81. The molecule has 2 nitrogen and oxygen atoms in total. The Kier molecular flexibility index (Phi) is 6.44. The summed E-state index contributed by atoms with van der Waals surface area (Å²) >= 11 is 0. The lowest BCUT2D eigenvalue weighted by Crippen LogP contribution is -2.30. The van der Waals surface area contributed by atoms with Gasteiger partial charge in [0.25, 0.3) is 0 Å². The summed E-state index contributed by atoms with van der Waals surface area (Å²) in [7, 11) is 0. The molecule has 4 rings (SSSR count). The summed E-state index contributed by atoms with van der Waals surface area (Å²) in [6.45, 7) is 3.77. The van der Waals surface area contributed by atoms with E-state index < -0.39 is 35.5 Å². The minimum absolute atomic E-state index is 0.0813. The predicted molar refractivity (Wildman–Crippen MR) is 115 cm³/mol. The quantitative estimate of drug-likeness (QED) is 0.323. The van der Waals surface area contributed by atoms with Crippen LogP contribution in [0.2, 0.25) is 0 Å². The Bertz CT molecular complexity index is 1150. The fourth-order valence-electron chi connectivity index (χ4n) is 3.77. The Hall–Kier alpha value is -2.96. The maximum absolute atomic E-state index is 14.9. The number of aryl methyl sites for hydroxylation is 1. The number of hydrogen-bond donors (Lipinski definition) is 0. The highest BCUT2D eigenvalue weighted by atomic mass is 19.2. The highest BCUT2D eigenvalue weighted by Gasteiger charge is 2.26. The van der Waals surface area contributed by atoms with Crippen LogP contribution in [-0.2, 0) is 9.47 Å². The summed E-state index contributed by atoms with van der Waals surface area (Å²) in [6.07, 6.45) is 3.07. The molecule has 1 aliphatic rings. The molecule has 0 saturated carbocycles. The molecule has 0 N–H and O–H groups in total. The van der Waals surface area contributed by atoms with E-state index in [1.165, 1.54) is 31.2 Å². The molecule has 3 aromatic rings. The molecule has 3 aromatic carbocycles.